The van der Waals surface area contributed by atoms with Gasteiger partial charge < -0.3 is 19.5 Å². The normalized spacial score (nSPS) is 28.0. The first-order valence-corrected chi connectivity index (χ1v) is 7.37. The molecule has 1 N–H and O–H groups in total. The van der Waals surface area contributed by atoms with Crippen molar-refractivity contribution in [1.29, 1.82) is 0 Å². The molecule has 0 aliphatic carbocycles. The number of carbonyl (C=O) groups excluding carboxylic acids is 1. The molecule has 2 aliphatic rings. The molecular formula is C16H19NO5. The van der Waals surface area contributed by atoms with Gasteiger partial charge in [0.1, 0.15) is 5.60 Å². The van der Waals surface area contributed by atoms with Crippen LogP contribution in [0.3, 0.4) is 0 Å². The Kier molecular flexibility index (Phi) is 3.88. The minimum Gasteiger partial charge on any atom is -0.478 e. The van der Waals surface area contributed by atoms with E-state index in [1.165, 1.54) is 12.1 Å². The molecule has 2 atom stereocenters. The molecule has 1 amide bonds. The summed E-state index contributed by atoms with van der Waals surface area (Å²) < 4.78 is 11.4. The van der Waals surface area contributed by atoms with Gasteiger partial charge in [-0.15, -0.1) is 0 Å². The first kappa shape index (κ1) is 15.0. The van der Waals surface area contributed by atoms with Crippen LogP contribution in [0.4, 0.5) is 0 Å². The predicted molar refractivity (Wildman–Crippen MR) is 78.0 cm³/mol. The van der Waals surface area contributed by atoms with Gasteiger partial charge in [0.15, 0.2) is 0 Å². The highest BCUT2D eigenvalue weighted by Crippen LogP contribution is 2.30. The van der Waals surface area contributed by atoms with E-state index in [9.17, 15) is 9.59 Å². The molecular weight excluding hydrogens is 286 g/mol. The first-order valence-electron chi connectivity index (χ1n) is 7.37. The van der Waals surface area contributed by atoms with Gasteiger partial charge in [0, 0.05) is 25.1 Å². The minimum absolute atomic E-state index is 0.0438. The third-order valence-electron chi connectivity index (χ3n) is 4.14. The monoisotopic (exact) mass is 305 g/mol. The summed E-state index contributed by atoms with van der Waals surface area (Å²) >= 11 is 0. The van der Waals surface area contributed by atoms with E-state index in [1.807, 2.05) is 6.92 Å². The van der Waals surface area contributed by atoms with Crippen molar-refractivity contribution < 1.29 is 24.2 Å². The summed E-state index contributed by atoms with van der Waals surface area (Å²) in [6.45, 7) is 4.16. The van der Waals surface area contributed by atoms with E-state index >= 15 is 0 Å². The van der Waals surface area contributed by atoms with Gasteiger partial charge in [-0.25, -0.2) is 4.79 Å². The SMILES string of the molecule is CC1CN(C(=O)c2ccc(C(=O)O)cc2)CC2(CCOC2)O1. The fourth-order valence-electron chi connectivity index (χ4n) is 3.12. The number of carboxylic acid groups (broad SMARTS) is 1. The maximum atomic E-state index is 12.6. The van der Waals surface area contributed by atoms with Crippen LogP contribution in [0.2, 0.25) is 0 Å². The first-order chi connectivity index (χ1) is 10.5. The Bertz CT molecular complexity index is 577. The van der Waals surface area contributed by atoms with E-state index in [4.69, 9.17) is 14.6 Å². The lowest BCUT2D eigenvalue weighted by molar-refractivity contribution is -0.138. The summed E-state index contributed by atoms with van der Waals surface area (Å²) in [7, 11) is 0. The Hall–Kier alpha value is -1.92. The molecule has 1 spiro atoms. The number of amides is 1. The lowest BCUT2D eigenvalue weighted by Gasteiger charge is -2.42. The van der Waals surface area contributed by atoms with Crippen molar-refractivity contribution >= 4 is 11.9 Å². The van der Waals surface area contributed by atoms with Crippen LogP contribution >= 0.6 is 0 Å². The molecule has 1 aromatic rings. The van der Waals surface area contributed by atoms with Crippen LogP contribution in [0, 0.1) is 0 Å². The number of carboxylic acids is 1. The minimum atomic E-state index is -0.999. The molecule has 6 heteroatoms. The largest absolute Gasteiger partial charge is 0.478 e. The number of carbonyl (C=O) groups is 2. The highest BCUT2D eigenvalue weighted by atomic mass is 16.6. The van der Waals surface area contributed by atoms with Crippen LogP contribution in [0.1, 0.15) is 34.1 Å². The van der Waals surface area contributed by atoms with Gasteiger partial charge in [0.2, 0.25) is 0 Å². The van der Waals surface area contributed by atoms with Crippen molar-refractivity contribution in [3.8, 4) is 0 Å². The number of benzene rings is 1. The molecule has 2 unspecified atom stereocenters. The van der Waals surface area contributed by atoms with Gasteiger partial charge in [0.05, 0.1) is 24.8 Å². The van der Waals surface area contributed by atoms with Gasteiger partial charge in [0.25, 0.3) is 5.91 Å². The van der Waals surface area contributed by atoms with E-state index in [0.29, 0.717) is 31.9 Å². The summed E-state index contributed by atoms with van der Waals surface area (Å²) in [5, 5.41) is 8.91. The Morgan fingerprint density at radius 2 is 1.95 bits per heavy atom. The van der Waals surface area contributed by atoms with Crippen LogP contribution in [0.25, 0.3) is 0 Å². The third kappa shape index (κ3) is 2.84. The average molecular weight is 305 g/mol. The number of ether oxygens (including phenoxy) is 2. The Labute approximate surface area is 128 Å². The van der Waals surface area contributed by atoms with Gasteiger partial charge in [-0.2, -0.15) is 0 Å². The number of hydrogen-bond donors (Lipinski definition) is 1. The molecule has 118 valence electrons. The predicted octanol–water partition coefficient (Wildman–Crippen LogP) is 1.40. The lowest BCUT2D eigenvalue weighted by Crippen LogP contribution is -2.57. The number of morpholine rings is 1. The average Bonchev–Trinajstić information content (AvgIpc) is 2.93. The van der Waals surface area contributed by atoms with E-state index in [2.05, 4.69) is 0 Å². The van der Waals surface area contributed by atoms with Crippen molar-refractivity contribution in [2.75, 3.05) is 26.3 Å². The van der Waals surface area contributed by atoms with Gasteiger partial charge in [-0.3, -0.25) is 4.79 Å². The number of nitrogens with zero attached hydrogens (tertiary/aromatic N) is 1. The topological polar surface area (TPSA) is 76.1 Å². The number of hydrogen-bond acceptors (Lipinski definition) is 4. The Balaban J connectivity index is 1.77. The quantitative estimate of drug-likeness (QED) is 0.894. The van der Waals surface area contributed by atoms with Crippen LogP contribution in [0.5, 0.6) is 0 Å². The number of aromatic carboxylic acids is 1. The van der Waals surface area contributed by atoms with Gasteiger partial charge in [-0.05, 0) is 31.2 Å². The smallest absolute Gasteiger partial charge is 0.335 e. The molecule has 0 aromatic heterocycles. The molecule has 2 heterocycles. The second kappa shape index (κ2) is 5.70. The molecule has 2 saturated heterocycles. The summed E-state index contributed by atoms with van der Waals surface area (Å²) in [5.41, 5.74) is 0.273. The summed E-state index contributed by atoms with van der Waals surface area (Å²) in [6.07, 6.45) is 0.747. The maximum Gasteiger partial charge on any atom is 0.335 e. The van der Waals surface area contributed by atoms with Crippen molar-refractivity contribution in [1.82, 2.24) is 4.90 Å². The molecule has 6 nitrogen and oxygen atoms in total. The molecule has 3 rings (SSSR count). The van der Waals surface area contributed by atoms with Crippen molar-refractivity contribution in [2.45, 2.75) is 25.0 Å². The summed E-state index contributed by atoms with van der Waals surface area (Å²) in [4.78, 5) is 25.3. The Morgan fingerprint density at radius 1 is 1.27 bits per heavy atom. The highest BCUT2D eigenvalue weighted by Gasteiger charge is 2.44. The third-order valence-corrected chi connectivity index (χ3v) is 4.14. The van der Waals surface area contributed by atoms with E-state index in [1.54, 1.807) is 17.0 Å². The second-order valence-corrected chi connectivity index (χ2v) is 5.98. The van der Waals surface area contributed by atoms with E-state index < -0.39 is 11.6 Å². The van der Waals surface area contributed by atoms with Crippen LogP contribution < -0.4 is 0 Å². The zero-order valence-electron chi connectivity index (χ0n) is 12.4. The Morgan fingerprint density at radius 3 is 2.55 bits per heavy atom. The molecule has 2 aliphatic heterocycles. The van der Waals surface area contributed by atoms with Gasteiger partial charge >= 0.3 is 5.97 Å². The number of rotatable bonds is 2. The molecule has 2 fully saturated rings. The highest BCUT2D eigenvalue weighted by molar-refractivity contribution is 5.96. The molecule has 0 bridgehead atoms. The lowest BCUT2D eigenvalue weighted by atomic mass is 9.98. The molecule has 22 heavy (non-hydrogen) atoms. The van der Waals surface area contributed by atoms with Crippen LogP contribution in [-0.2, 0) is 9.47 Å². The van der Waals surface area contributed by atoms with Gasteiger partial charge in [-0.1, -0.05) is 0 Å². The summed E-state index contributed by atoms with van der Waals surface area (Å²) in [6, 6.07) is 6.02. The molecule has 0 saturated carbocycles. The zero-order valence-corrected chi connectivity index (χ0v) is 12.4. The van der Waals surface area contributed by atoms with E-state index in [-0.39, 0.29) is 17.6 Å². The zero-order chi connectivity index (χ0) is 15.7. The van der Waals surface area contributed by atoms with Crippen molar-refractivity contribution in [2.24, 2.45) is 0 Å². The van der Waals surface area contributed by atoms with Crippen molar-refractivity contribution in [3.05, 3.63) is 35.4 Å². The van der Waals surface area contributed by atoms with Crippen LogP contribution in [-0.4, -0.2) is 59.9 Å². The van der Waals surface area contributed by atoms with Crippen LogP contribution in [0.15, 0.2) is 24.3 Å². The molecule has 0 radical (unpaired) electrons. The molecule has 1 aromatic carbocycles. The van der Waals surface area contributed by atoms with E-state index in [0.717, 1.165) is 6.42 Å². The summed E-state index contributed by atoms with van der Waals surface area (Å²) in [5.74, 6) is -1.10. The fourth-order valence-corrected chi connectivity index (χ4v) is 3.12. The van der Waals surface area contributed by atoms with Crippen molar-refractivity contribution in [3.63, 3.8) is 0 Å². The standard InChI is InChI=1S/C16H19NO5/c1-11-8-17(9-16(22-11)6-7-21-10-16)14(18)12-2-4-13(5-3-12)15(19)20/h2-5,11H,6-10H2,1H3,(H,19,20). The second-order valence-electron chi connectivity index (χ2n) is 5.98. The fraction of sp³-hybridized carbons (Fsp3) is 0.500. The maximum absolute atomic E-state index is 12.6.